The number of unbranched alkanes of at least 4 members (excludes halogenated alkanes) is 1. The van der Waals surface area contributed by atoms with E-state index in [-0.39, 0.29) is 24.3 Å². The Bertz CT molecular complexity index is 649. The summed E-state index contributed by atoms with van der Waals surface area (Å²) in [6.45, 7) is 1.94. The summed E-state index contributed by atoms with van der Waals surface area (Å²) in [6.07, 6.45) is 1.61. The van der Waals surface area contributed by atoms with Gasteiger partial charge in [-0.05, 0) is 12.5 Å². The molecule has 1 aromatic rings. The molecular weight excluding hydrogens is 344 g/mol. The number of anilines is 1. The number of nitrogens with zero attached hydrogens (tertiary/aromatic N) is 1. The minimum absolute atomic E-state index is 0.0952. The van der Waals surface area contributed by atoms with E-state index in [0.29, 0.717) is 6.54 Å². The summed E-state index contributed by atoms with van der Waals surface area (Å²) >= 11 is 0. The highest BCUT2D eigenvalue weighted by Gasteiger charge is 2.13. The van der Waals surface area contributed by atoms with Gasteiger partial charge in [-0.25, -0.2) is 4.79 Å². The van der Waals surface area contributed by atoms with Crippen molar-refractivity contribution in [3.05, 3.63) is 34.4 Å². The number of nitro benzene ring substituents is 1. The molecule has 0 saturated carbocycles. The van der Waals surface area contributed by atoms with Gasteiger partial charge in [0, 0.05) is 19.2 Å². The molecule has 0 atom stereocenters. The number of esters is 1. The van der Waals surface area contributed by atoms with Gasteiger partial charge in [0.25, 0.3) is 11.6 Å². The van der Waals surface area contributed by atoms with Gasteiger partial charge in [-0.2, -0.15) is 0 Å². The number of urea groups is 1. The van der Waals surface area contributed by atoms with Crippen LogP contribution in [0.25, 0.3) is 0 Å². The number of rotatable bonds is 10. The Morgan fingerprint density at radius 3 is 2.62 bits per heavy atom. The molecule has 0 aliphatic rings. The zero-order valence-corrected chi connectivity index (χ0v) is 14.4. The minimum atomic E-state index is -0.737. The quantitative estimate of drug-likeness (QED) is 0.247. The molecule has 3 amide bonds. The second-order valence-electron chi connectivity index (χ2n) is 5.27. The van der Waals surface area contributed by atoms with E-state index in [4.69, 9.17) is 4.74 Å². The first-order chi connectivity index (χ1) is 12.4. The van der Waals surface area contributed by atoms with Crippen LogP contribution in [0, 0.1) is 10.1 Å². The van der Waals surface area contributed by atoms with Crippen molar-refractivity contribution in [1.29, 1.82) is 0 Å². The molecule has 1 rings (SSSR count). The Kier molecular flexibility index (Phi) is 9.15. The standard InChI is InChI=1S/C16H22N4O6/c1-2-3-9-18-16(23)19-14(21)11-26-15(22)8-10-17-12-6-4-5-7-13(12)20(24)25/h4-7,17H,2-3,8-11H2,1H3,(H2,18,19,21,23). The molecule has 26 heavy (non-hydrogen) atoms. The number of para-hydroxylation sites is 2. The van der Waals surface area contributed by atoms with Gasteiger partial charge in [0.1, 0.15) is 5.69 Å². The summed E-state index contributed by atoms with van der Waals surface area (Å²) in [4.78, 5) is 44.7. The van der Waals surface area contributed by atoms with Crippen LogP contribution >= 0.6 is 0 Å². The van der Waals surface area contributed by atoms with Crippen molar-refractivity contribution in [3.8, 4) is 0 Å². The fourth-order valence-electron chi connectivity index (χ4n) is 1.89. The number of carbonyl (C=O) groups excluding carboxylic acids is 3. The van der Waals surface area contributed by atoms with Crippen molar-refractivity contribution in [3.63, 3.8) is 0 Å². The first-order valence-corrected chi connectivity index (χ1v) is 8.14. The minimum Gasteiger partial charge on any atom is -0.456 e. The van der Waals surface area contributed by atoms with Crippen LogP contribution in [0.15, 0.2) is 24.3 Å². The molecule has 0 saturated heterocycles. The number of benzene rings is 1. The van der Waals surface area contributed by atoms with Gasteiger partial charge in [0.2, 0.25) is 0 Å². The predicted octanol–water partition coefficient (Wildman–Crippen LogP) is 1.57. The molecule has 0 bridgehead atoms. The molecule has 0 aliphatic heterocycles. The molecule has 142 valence electrons. The first-order valence-electron chi connectivity index (χ1n) is 8.14. The maximum Gasteiger partial charge on any atom is 0.321 e. The monoisotopic (exact) mass is 366 g/mol. The van der Waals surface area contributed by atoms with E-state index in [0.717, 1.165) is 12.8 Å². The molecule has 1 aromatic carbocycles. The lowest BCUT2D eigenvalue weighted by molar-refractivity contribution is -0.384. The van der Waals surface area contributed by atoms with E-state index in [1.54, 1.807) is 6.07 Å². The molecule has 10 nitrogen and oxygen atoms in total. The second-order valence-corrected chi connectivity index (χ2v) is 5.27. The summed E-state index contributed by atoms with van der Waals surface area (Å²) in [6, 6.07) is 5.39. The fraction of sp³-hybridized carbons (Fsp3) is 0.438. The maximum absolute atomic E-state index is 11.6. The van der Waals surface area contributed by atoms with Gasteiger partial charge < -0.3 is 15.4 Å². The lowest BCUT2D eigenvalue weighted by atomic mass is 10.2. The van der Waals surface area contributed by atoms with E-state index in [1.807, 2.05) is 12.2 Å². The van der Waals surface area contributed by atoms with Gasteiger partial charge in [-0.15, -0.1) is 0 Å². The lowest BCUT2D eigenvalue weighted by Gasteiger charge is -2.08. The van der Waals surface area contributed by atoms with Crippen LogP contribution in [0.2, 0.25) is 0 Å². The Balaban J connectivity index is 2.25. The lowest BCUT2D eigenvalue weighted by Crippen LogP contribution is -2.41. The maximum atomic E-state index is 11.6. The van der Waals surface area contributed by atoms with Crippen molar-refractivity contribution >= 4 is 29.3 Å². The average molecular weight is 366 g/mol. The Labute approximate surface area is 150 Å². The summed E-state index contributed by atoms with van der Waals surface area (Å²) in [7, 11) is 0. The smallest absolute Gasteiger partial charge is 0.321 e. The van der Waals surface area contributed by atoms with Gasteiger partial charge in [-0.1, -0.05) is 25.5 Å². The van der Waals surface area contributed by atoms with Gasteiger partial charge in [-0.3, -0.25) is 25.0 Å². The number of hydrogen-bond acceptors (Lipinski definition) is 7. The van der Waals surface area contributed by atoms with Crippen molar-refractivity contribution in [1.82, 2.24) is 10.6 Å². The Morgan fingerprint density at radius 1 is 1.19 bits per heavy atom. The molecule has 0 fully saturated rings. The zero-order chi connectivity index (χ0) is 19.4. The van der Waals surface area contributed by atoms with E-state index in [2.05, 4.69) is 10.6 Å². The summed E-state index contributed by atoms with van der Waals surface area (Å²) in [5.74, 6) is -1.41. The third-order valence-corrected chi connectivity index (χ3v) is 3.18. The number of amides is 3. The molecule has 3 N–H and O–H groups in total. The summed E-state index contributed by atoms with van der Waals surface area (Å²) < 4.78 is 4.74. The van der Waals surface area contributed by atoms with Crippen LogP contribution < -0.4 is 16.0 Å². The normalized spacial score (nSPS) is 9.88. The number of carbonyl (C=O) groups is 3. The van der Waals surface area contributed by atoms with Crippen molar-refractivity contribution in [2.45, 2.75) is 26.2 Å². The van der Waals surface area contributed by atoms with Crippen LogP contribution in [-0.2, 0) is 14.3 Å². The molecule has 0 radical (unpaired) electrons. The molecular formula is C16H22N4O6. The predicted molar refractivity (Wildman–Crippen MR) is 93.6 cm³/mol. The number of imide groups is 1. The molecule has 0 unspecified atom stereocenters. The molecule has 0 heterocycles. The van der Waals surface area contributed by atoms with Gasteiger partial charge >= 0.3 is 12.0 Å². The van der Waals surface area contributed by atoms with Crippen molar-refractivity contribution < 1.29 is 24.0 Å². The number of hydrogen-bond donors (Lipinski definition) is 3. The SMILES string of the molecule is CCCCNC(=O)NC(=O)COC(=O)CCNc1ccccc1[N+](=O)[O-]. The number of nitrogens with one attached hydrogen (secondary N) is 3. The molecule has 0 aromatic heterocycles. The Morgan fingerprint density at radius 2 is 1.92 bits per heavy atom. The highest BCUT2D eigenvalue weighted by molar-refractivity contribution is 5.95. The van der Waals surface area contributed by atoms with Crippen molar-refractivity contribution in [2.24, 2.45) is 0 Å². The average Bonchev–Trinajstić information content (AvgIpc) is 2.60. The largest absolute Gasteiger partial charge is 0.456 e. The van der Waals surface area contributed by atoms with E-state index < -0.39 is 29.4 Å². The first kappa shape index (κ1) is 20.9. The van der Waals surface area contributed by atoms with E-state index in [9.17, 15) is 24.5 Å². The summed E-state index contributed by atoms with van der Waals surface area (Å²) in [5.41, 5.74) is 0.182. The second kappa shape index (κ2) is 11.4. The van der Waals surface area contributed by atoms with Crippen LogP contribution in [0.4, 0.5) is 16.2 Å². The van der Waals surface area contributed by atoms with E-state index >= 15 is 0 Å². The van der Waals surface area contributed by atoms with Crippen molar-refractivity contribution in [2.75, 3.05) is 25.0 Å². The van der Waals surface area contributed by atoms with Gasteiger partial charge in [0.05, 0.1) is 11.3 Å². The number of nitro groups is 1. The van der Waals surface area contributed by atoms with Gasteiger partial charge in [0.15, 0.2) is 6.61 Å². The third-order valence-electron chi connectivity index (χ3n) is 3.18. The zero-order valence-electron chi connectivity index (χ0n) is 14.4. The van der Waals surface area contributed by atoms with Crippen LogP contribution in [0.5, 0.6) is 0 Å². The van der Waals surface area contributed by atoms with Crippen LogP contribution in [0.3, 0.4) is 0 Å². The highest BCUT2D eigenvalue weighted by Crippen LogP contribution is 2.22. The molecule has 0 spiro atoms. The van der Waals surface area contributed by atoms with E-state index in [1.165, 1.54) is 18.2 Å². The number of ether oxygens (including phenoxy) is 1. The topological polar surface area (TPSA) is 140 Å². The Hall–Kier alpha value is -3.17. The summed E-state index contributed by atoms with van der Waals surface area (Å²) in [5, 5.41) is 18.2. The van der Waals surface area contributed by atoms with Crippen LogP contribution in [-0.4, -0.2) is 42.5 Å². The third kappa shape index (κ3) is 8.08. The molecule has 0 aliphatic carbocycles. The molecule has 10 heteroatoms. The van der Waals surface area contributed by atoms with Crippen LogP contribution in [0.1, 0.15) is 26.2 Å². The fourth-order valence-corrected chi connectivity index (χ4v) is 1.89. The highest BCUT2D eigenvalue weighted by atomic mass is 16.6.